The molecule has 0 aliphatic rings. The highest BCUT2D eigenvalue weighted by Crippen LogP contribution is 2.17. The van der Waals surface area contributed by atoms with E-state index in [9.17, 15) is 0 Å². The average Bonchev–Trinajstić information content (AvgIpc) is 2.38. The molecule has 0 atom stereocenters. The van der Waals surface area contributed by atoms with Crippen molar-refractivity contribution in [3.63, 3.8) is 0 Å². The molecule has 0 aliphatic heterocycles. The summed E-state index contributed by atoms with van der Waals surface area (Å²) in [6.45, 7) is 6.67. The number of pyridine rings is 1. The van der Waals surface area contributed by atoms with Gasteiger partial charge in [-0.2, -0.15) is 0 Å². The van der Waals surface area contributed by atoms with E-state index in [4.69, 9.17) is 9.84 Å². The van der Waals surface area contributed by atoms with E-state index < -0.39 is 0 Å². The monoisotopic (exact) mass is 252 g/mol. The van der Waals surface area contributed by atoms with Gasteiger partial charge in [0.05, 0.1) is 12.3 Å². The summed E-state index contributed by atoms with van der Waals surface area (Å²) >= 11 is 0. The van der Waals surface area contributed by atoms with Crippen molar-refractivity contribution in [1.82, 2.24) is 10.3 Å². The minimum atomic E-state index is 0.262. The second-order valence-electron chi connectivity index (χ2n) is 4.31. The fraction of sp³-hybridized carbons (Fsp3) is 0.643. The molecule has 4 heteroatoms. The lowest BCUT2D eigenvalue weighted by molar-refractivity contribution is 0.264. The molecule has 2 N–H and O–H groups in total. The summed E-state index contributed by atoms with van der Waals surface area (Å²) < 4.78 is 5.75. The number of hydrogen-bond acceptors (Lipinski definition) is 4. The van der Waals surface area contributed by atoms with Gasteiger partial charge in [-0.15, -0.1) is 0 Å². The first-order valence-corrected chi connectivity index (χ1v) is 6.68. The maximum Gasteiger partial charge on any atom is 0.142 e. The Balaban J connectivity index is 2.47. The summed E-state index contributed by atoms with van der Waals surface area (Å²) in [5.41, 5.74) is 1.98. The lowest BCUT2D eigenvalue weighted by Gasteiger charge is -2.11. The molecule has 0 radical (unpaired) electrons. The van der Waals surface area contributed by atoms with Crippen LogP contribution in [0.1, 0.15) is 37.6 Å². The Morgan fingerprint density at radius 3 is 2.83 bits per heavy atom. The second kappa shape index (κ2) is 8.89. The van der Waals surface area contributed by atoms with E-state index in [1.165, 1.54) is 0 Å². The summed E-state index contributed by atoms with van der Waals surface area (Å²) in [7, 11) is 0. The number of unbranched alkanes of at least 4 members (excludes halogenated alkanes) is 2. The van der Waals surface area contributed by atoms with Gasteiger partial charge in [-0.3, -0.25) is 4.98 Å². The maximum absolute atomic E-state index is 8.70. The molecule has 0 bridgehead atoms. The van der Waals surface area contributed by atoms with Crippen LogP contribution in [0, 0.1) is 6.92 Å². The number of aryl methyl sites for hydroxylation is 1. The Hall–Kier alpha value is -1.13. The lowest BCUT2D eigenvalue weighted by Crippen LogP contribution is -2.15. The first kappa shape index (κ1) is 14.9. The number of rotatable bonds is 9. The molecule has 4 nitrogen and oxygen atoms in total. The van der Waals surface area contributed by atoms with Gasteiger partial charge in [0.2, 0.25) is 0 Å². The van der Waals surface area contributed by atoms with Gasteiger partial charge in [0.1, 0.15) is 5.75 Å². The van der Waals surface area contributed by atoms with Crippen molar-refractivity contribution in [2.45, 2.75) is 39.7 Å². The highest BCUT2D eigenvalue weighted by atomic mass is 16.5. The predicted octanol–water partition coefficient (Wildman–Crippen LogP) is 2.04. The van der Waals surface area contributed by atoms with Crippen molar-refractivity contribution in [3.05, 3.63) is 23.5 Å². The number of ether oxygens (including phenoxy) is 1. The Labute approximate surface area is 109 Å². The number of aromatic nitrogens is 1. The van der Waals surface area contributed by atoms with Crippen molar-refractivity contribution >= 4 is 0 Å². The molecule has 0 saturated heterocycles. The molecule has 0 unspecified atom stereocenters. The minimum Gasteiger partial charge on any atom is -0.492 e. The van der Waals surface area contributed by atoms with Gasteiger partial charge < -0.3 is 15.2 Å². The van der Waals surface area contributed by atoms with Crippen LogP contribution >= 0.6 is 0 Å². The molecule has 0 saturated carbocycles. The van der Waals surface area contributed by atoms with E-state index in [1.807, 2.05) is 19.1 Å². The zero-order valence-electron chi connectivity index (χ0n) is 11.4. The molecule has 102 valence electrons. The van der Waals surface area contributed by atoms with Crippen LogP contribution in [0.15, 0.2) is 12.1 Å². The smallest absolute Gasteiger partial charge is 0.142 e. The van der Waals surface area contributed by atoms with Crippen LogP contribution in [-0.2, 0) is 6.54 Å². The number of aliphatic hydroxyl groups is 1. The molecular weight excluding hydrogens is 228 g/mol. The van der Waals surface area contributed by atoms with Crippen LogP contribution in [-0.4, -0.2) is 29.8 Å². The van der Waals surface area contributed by atoms with E-state index in [-0.39, 0.29) is 6.61 Å². The Bertz CT molecular complexity index is 343. The molecule has 1 aromatic rings. The summed E-state index contributed by atoms with van der Waals surface area (Å²) in [5, 5.41) is 12.0. The fourth-order valence-corrected chi connectivity index (χ4v) is 1.67. The summed E-state index contributed by atoms with van der Waals surface area (Å²) in [5.74, 6) is 0.866. The van der Waals surface area contributed by atoms with Crippen LogP contribution in [0.3, 0.4) is 0 Å². The van der Waals surface area contributed by atoms with Crippen LogP contribution in [0.2, 0.25) is 0 Å². The standard InChI is InChI=1S/C14H24N2O2/c1-3-15-11-13-14(8-7-12(2)16-13)18-10-6-4-5-9-17/h7-8,15,17H,3-6,9-11H2,1-2H3. The largest absolute Gasteiger partial charge is 0.492 e. The van der Waals surface area contributed by atoms with Gasteiger partial charge in [0, 0.05) is 18.8 Å². The number of nitrogens with zero attached hydrogens (tertiary/aromatic N) is 1. The van der Waals surface area contributed by atoms with Crippen LogP contribution in [0.5, 0.6) is 5.75 Å². The van der Waals surface area contributed by atoms with E-state index >= 15 is 0 Å². The van der Waals surface area contributed by atoms with Crippen molar-refractivity contribution < 1.29 is 9.84 Å². The highest BCUT2D eigenvalue weighted by molar-refractivity contribution is 5.29. The zero-order valence-corrected chi connectivity index (χ0v) is 11.4. The van der Waals surface area contributed by atoms with Crippen molar-refractivity contribution in [1.29, 1.82) is 0 Å². The Morgan fingerprint density at radius 1 is 1.28 bits per heavy atom. The molecule has 1 heterocycles. The first-order chi connectivity index (χ1) is 8.77. The summed E-state index contributed by atoms with van der Waals surface area (Å²) in [4.78, 5) is 4.50. The van der Waals surface area contributed by atoms with Gasteiger partial charge in [-0.05, 0) is 44.9 Å². The summed E-state index contributed by atoms with van der Waals surface area (Å²) in [6, 6.07) is 3.96. The first-order valence-electron chi connectivity index (χ1n) is 6.68. The fourth-order valence-electron chi connectivity index (χ4n) is 1.67. The average molecular weight is 252 g/mol. The van der Waals surface area contributed by atoms with Crippen LogP contribution in [0.25, 0.3) is 0 Å². The van der Waals surface area contributed by atoms with Gasteiger partial charge >= 0.3 is 0 Å². The molecule has 0 spiro atoms. The highest BCUT2D eigenvalue weighted by Gasteiger charge is 2.05. The number of aliphatic hydroxyl groups excluding tert-OH is 1. The number of hydrogen-bond donors (Lipinski definition) is 2. The Kier molecular flexibility index (Phi) is 7.37. The third-order valence-electron chi connectivity index (χ3n) is 2.67. The van der Waals surface area contributed by atoms with Gasteiger partial charge in [-0.25, -0.2) is 0 Å². The van der Waals surface area contributed by atoms with Crippen LogP contribution in [0.4, 0.5) is 0 Å². The SMILES string of the molecule is CCNCc1nc(C)ccc1OCCCCCO. The second-order valence-corrected chi connectivity index (χ2v) is 4.31. The van der Waals surface area contributed by atoms with Gasteiger partial charge in [0.25, 0.3) is 0 Å². The topological polar surface area (TPSA) is 54.4 Å². The van der Waals surface area contributed by atoms with Gasteiger partial charge in [0.15, 0.2) is 0 Å². The lowest BCUT2D eigenvalue weighted by atomic mass is 10.2. The minimum absolute atomic E-state index is 0.262. The van der Waals surface area contributed by atoms with E-state index in [2.05, 4.69) is 17.2 Å². The van der Waals surface area contributed by atoms with Crippen molar-refractivity contribution in [2.24, 2.45) is 0 Å². The molecule has 0 amide bonds. The van der Waals surface area contributed by atoms with Gasteiger partial charge in [-0.1, -0.05) is 6.92 Å². The molecule has 0 fully saturated rings. The molecule has 18 heavy (non-hydrogen) atoms. The van der Waals surface area contributed by atoms with Crippen LogP contribution < -0.4 is 10.1 Å². The molecule has 0 aromatic carbocycles. The summed E-state index contributed by atoms with van der Waals surface area (Å²) in [6.07, 6.45) is 2.81. The quantitative estimate of drug-likeness (QED) is 0.660. The molecule has 0 aliphatic carbocycles. The molecule has 1 rings (SSSR count). The maximum atomic E-state index is 8.70. The third-order valence-corrected chi connectivity index (χ3v) is 2.67. The van der Waals surface area contributed by atoms with E-state index in [1.54, 1.807) is 0 Å². The van der Waals surface area contributed by atoms with Crippen molar-refractivity contribution in [3.8, 4) is 5.75 Å². The van der Waals surface area contributed by atoms with E-state index in [0.717, 1.165) is 49.5 Å². The zero-order chi connectivity index (χ0) is 13.2. The normalized spacial score (nSPS) is 10.6. The number of nitrogens with one attached hydrogen (secondary N) is 1. The third kappa shape index (κ3) is 5.47. The Morgan fingerprint density at radius 2 is 2.11 bits per heavy atom. The molecular formula is C14H24N2O2. The van der Waals surface area contributed by atoms with Crippen molar-refractivity contribution in [2.75, 3.05) is 19.8 Å². The predicted molar refractivity (Wildman–Crippen MR) is 72.8 cm³/mol. The molecule has 1 aromatic heterocycles. The van der Waals surface area contributed by atoms with E-state index in [0.29, 0.717) is 6.61 Å².